The van der Waals surface area contributed by atoms with Crippen LogP contribution in [0.25, 0.3) is 0 Å². The summed E-state index contributed by atoms with van der Waals surface area (Å²) in [6.07, 6.45) is 20.0. The molecular formula is C22H18Cl2F2O2Zr. The van der Waals surface area contributed by atoms with Crippen LogP contribution in [-0.4, -0.2) is 10.2 Å². The van der Waals surface area contributed by atoms with Crippen LogP contribution in [0.5, 0.6) is 11.5 Å². The van der Waals surface area contributed by atoms with E-state index in [9.17, 15) is 8.78 Å². The standard InChI is InChI=1S/2C6H4ClFO.2C5H5.Zr/c2*7-5-3-4(8)1-2-6(5)9;2*1-2-4-5-3-1;/h2*1-3,9H;2*1-3H,4H2;/q;;2*-1;+2. The van der Waals surface area contributed by atoms with E-state index < -0.39 is 11.6 Å². The Morgan fingerprint density at radius 1 is 0.724 bits per heavy atom. The van der Waals surface area contributed by atoms with Gasteiger partial charge in [-0.1, -0.05) is 23.2 Å². The van der Waals surface area contributed by atoms with Crippen molar-refractivity contribution >= 4 is 23.2 Å². The summed E-state index contributed by atoms with van der Waals surface area (Å²) >= 11 is 10.6. The van der Waals surface area contributed by atoms with Crippen molar-refractivity contribution in [1.82, 2.24) is 0 Å². The Morgan fingerprint density at radius 2 is 1.10 bits per heavy atom. The van der Waals surface area contributed by atoms with E-state index in [0.717, 1.165) is 37.1 Å². The minimum absolute atomic E-state index is 0. The summed E-state index contributed by atoms with van der Waals surface area (Å²) in [5, 5.41) is 17.6. The third-order valence-electron chi connectivity index (χ3n) is 2.99. The number of hydrogen-bond donors (Lipinski definition) is 2. The van der Waals surface area contributed by atoms with Gasteiger partial charge in [0.1, 0.15) is 23.1 Å². The second-order valence-corrected chi connectivity index (χ2v) is 6.01. The predicted molar refractivity (Wildman–Crippen MR) is 109 cm³/mol. The Hall–Kier alpha value is -1.68. The number of phenolic OH excluding ortho intramolecular Hbond substituents is 2. The number of phenols is 2. The molecule has 0 aliphatic heterocycles. The van der Waals surface area contributed by atoms with E-state index in [1.165, 1.54) is 12.1 Å². The molecule has 0 amide bonds. The molecule has 0 spiro atoms. The van der Waals surface area contributed by atoms with Crippen molar-refractivity contribution in [1.29, 1.82) is 0 Å². The van der Waals surface area contributed by atoms with Crippen LogP contribution < -0.4 is 0 Å². The zero-order valence-electron chi connectivity index (χ0n) is 15.2. The maximum Gasteiger partial charge on any atom is 2.00 e. The molecule has 2 aromatic carbocycles. The van der Waals surface area contributed by atoms with Gasteiger partial charge in [0.25, 0.3) is 0 Å². The summed E-state index contributed by atoms with van der Waals surface area (Å²) in [5.41, 5.74) is 0. The molecule has 29 heavy (non-hydrogen) atoms. The third-order valence-corrected chi connectivity index (χ3v) is 3.60. The van der Waals surface area contributed by atoms with Gasteiger partial charge in [0.05, 0.1) is 10.0 Å². The van der Waals surface area contributed by atoms with Crippen molar-refractivity contribution in [3.8, 4) is 11.5 Å². The first-order valence-electron chi connectivity index (χ1n) is 8.11. The van der Waals surface area contributed by atoms with Crippen LogP contribution in [0.1, 0.15) is 12.8 Å². The first kappa shape index (κ1) is 27.3. The first-order valence-corrected chi connectivity index (χ1v) is 8.87. The molecule has 0 aromatic heterocycles. The molecule has 2 nitrogen and oxygen atoms in total. The van der Waals surface area contributed by atoms with Crippen molar-refractivity contribution in [2.24, 2.45) is 0 Å². The monoisotopic (exact) mass is 512 g/mol. The molecule has 0 saturated heterocycles. The minimum Gasteiger partial charge on any atom is -0.506 e. The van der Waals surface area contributed by atoms with Crippen LogP contribution in [0, 0.1) is 23.8 Å². The SMILES string of the molecule is Oc1ccc(F)cc1Cl.Oc1ccc(F)cc1Cl.[C-]1=CC=CC1.[C-]1=CC=CC1.[Zr+2]. The van der Waals surface area contributed by atoms with Crippen molar-refractivity contribution < 1.29 is 45.2 Å². The molecule has 0 atom stereocenters. The quantitative estimate of drug-likeness (QED) is 0.373. The van der Waals surface area contributed by atoms with Gasteiger partial charge in [-0.2, -0.15) is 12.2 Å². The molecule has 2 aliphatic carbocycles. The molecule has 4 rings (SSSR count). The number of allylic oxidation sites excluding steroid dienone is 8. The summed E-state index contributed by atoms with van der Waals surface area (Å²) in [5.74, 6) is -1.09. The fourth-order valence-corrected chi connectivity index (χ4v) is 1.98. The summed E-state index contributed by atoms with van der Waals surface area (Å²) in [7, 11) is 0. The molecule has 0 heterocycles. The average molecular weight is 515 g/mol. The Labute approximate surface area is 198 Å². The normalized spacial score (nSPS) is 12.0. The van der Waals surface area contributed by atoms with Gasteiger partial charge in [-0.15, -0.1) is 12.8 Å². The van der Waals surface area contributed by atoms with E-state index in [2.05, 4.69) is 24.3 Å². The maximum absolute atomic E-state index is 12.2. The predicted octanol–water partition coefficient (Wildman–Crippen LogP) is 6.98. The van der Waals surface area contributed by atoms with Crippen molar-refractivity contribution in [3.63, 3.8) is 0 Å². The van der Waals surface area contributed by atoms with Crippen molar-refractivity contribution in [2.45, 2.75) is 12.8 Å². The van der Waals surface area contributed by atoms with E-state index in [1.807, 2.05) is 24.3 Å². The van der Waals surface area contributed by atoms with Gasteiger partial charge in [0.15, 0.2) is 0 Å². The number of halogens is 4. The molecule has 7 heteroatoms. The number of aromatic hydroxyl groups is 2. The van der Waals surface area contributed by atoms with Gasteiger partial charge in [-0.25, -0.2) is 33.1 Å². The fraction of sp³-hybridized carbons (Fsp3) is 0.0909. The molecule has 2 aliphatic rings. The smallest absolute Gasteiger partial charge is 0.506 e. The van der Waals surface area contributed by atoms with E-state index in [0.29, 0.717) is 0 Å². The van der Waals surface area contributed by atoms with Crippen LogP contribution >= 0.6 is 23.2 Å². The van der Waals surface area contributed by atoms with Gasteiger partial charge in [-0.3, -0.25) is 12.2 Å². The molecule has 0 bridgehead atoms. The first-order chi connectivity index (χ1) is 13.4. The average Bonchev–Trinajstić information content (AvgIpc) is 3.41. The van der Waals surface area contributed by atoms with Crippen LogP contribution in [0.3, 0.4) is 0 Å². The summed E-state index contributed by atoms with van der Waals surface area (Å²) in [6, 6.07) is 6.80. The van der Waals surface area contributed by atoms with Crippen LogP contribution in [-0.2, 0) is 26.2 Å². The van der Waals surface area contributed by atoms with Gasteiger partial charge in [-0.05, 0) is 36.4 Å². The van der Waals surface area contributed by atoms with Gasteiger partial charge in [0.2, 0.25) is 0 Å². The Kier molecular flexibility index (Phi) is 15.2. The molecule has 2 aromatic rings. The summed E-state index contributed by atoms with van der Waals surface area (Å²) in [4.78, 5) is 0. The zero-order valence-corrected chi connectivity index (χ0v) is 19.2. The summed E-state index contributed by atoms with van der Waals surface area (Å²) < 4.78 is 24.3. The number of hydrogen-bond acceptors (Lipinski definition) is 2. The Balaban J connectivity index is 0.000000369. The van der Waals surface area contributed by atoms with E-state index in [1.54, 1.807) is 0 Å². The van der Waals surface area contributed by atoms with E-state index in [4.69, 9.17) is 33.4 Å². The van der Waals surface area contributed by atoms with Crippen LogP contribution in [0.15, 0.2) is 72.9 Å². The molecule has 0 fully saturated rings. The topological polar surface area (TPSA) is 40.5 Å². The second kappa shape index (κ2) is 16.2. The Bertz CT molecular complexity index is 774. The van der Waals surface area contributed by atoms with Gasteiger partial charge < -0.3 is 10.2 Å². The second-order valence-electron chi connectivity index (χ2n) is 5.20. The minimum atomic E-state index is -0.446. The number of rotatable bonds is 0. The molecule has 0 radical (unpaired) electrons. The number of benzene rings is 2. The van der Waals surface area contributed by atoms with Gasteiger partial charge >= 0.3 is 26.2 Å². The van der Waals surface area contributed by atoms with Crippen molar-refractivity contribution in [2.75, 3.05) is 0 Å². The fourth-order valence-electron chi connectivity index (χ4n) is 1.64. The van der Waals surface area contributed by atoms with Gasteiger partial charge in [0, 0.05) is 0 Å². The van der Waals surface area contributed by atoms with Crippen LogP contribution in [0.2, 0.25) is 10.0 Å². The zero-order chi connectivity index (χ0) is 20.8. The molecule has 0 unspecified atom stereocenters. The van der Waals surface area contributed by atoms with Crippen LogP contribution in [0.4, 0.5) is 8.78 Å². The Morgan fingerprint density at radius 3 is 1.28 bits per heavy atom. The third kappa shape index (κ3) is 13.2. The maximum atomic E-state index is 12.2. The van der Waals surface area contributed by atoms with E-state index in [-0.39, 0.29) is 47.7 Å². The van der Waals surface area contributed by atoms with Crippen molar-refractivity contribution in [3.05, 3.63) is 107 Å². The molecule has 0 saturated carbocycles. The largest absolute Gasteiger partial charge is 2.00 e. The molecule has 150 valence electrons. The summed E-state index contributed by atoms with van der Waals surface area (Å²) in [6.45, 7) is 0. The van der Waals surface area contributed by atoms with E-state index >= 15 is 0 Å². The molecule has 2 N–H and O–H groups in total. The molecular weight excluding hydrogens is 496 g/mol.